The standard InChI is InChI=1S/C14H13N3/c1-10-2-4-11(5-3-10)14-16-8-13-7-6-12(15)9-17(13)14/h2-9H,15H2,1H3. The largest absolute Gasteiger partial charge is 0.398 e. The monoisotopic (exact) mass is 223 g/mol. The van der Waals surface area contributed by atoms with Crippen LogP contribution in [-0.2, 0) is 0 Å². The molecular formula is C14H13N3. The Labute approximate surface area is 99.5 Å². The van der Waals surface area contributed by atoms with Crippen LogP contribution in [-0.4, -0.2) is 9.38 Å². The number of fused-ring (bicyclic) bond motifs is 1. The summed E-state index contributed by atoms with van der Waals surface area (Å²) in [5.74, 6) is 0.923. The summed E-state index contributed by atoms with van der Waals surface area (Å²) in [4.78, 5) is 4.44. The predicted octanol–water partition coefficient (Wildman–Crippen LogP) is 2.89. The van der Waals surface area contributed by atoms with Crippen LogP contribution in [0, 0.1) is 6.92 Å². The van der Waals surface area contributed by atoms with Crippen LogP contribution in [0.25, 0.3) is 16.9 Å². The second-order valence-electron chi connectivity index (χ2n) is 4.21. The molecule has 2 N–H and O–H groups in total. The zero-order valence-corrected chi connectivity index (χ0v) is 9.59. The van der Waals surface area contributed by atoms with E-state index in [2.05, 4.69) is 36.2 Å². The maximum atomic E-state index is 5.81. The first-order valence-corrected chi connectivity index (χ1v) is 5.54. The number of nitrogens with two attached hydrogens (primary N) is 1. The zero-order valence-electron chi connectivity index (χ0n) is 9.59. The summed E-state index contributed by atoms with van der Waals surface area (Å²) in [5.41, 5.74) is 9.94. The van der Waals surface area contributed by atoms with E-state index in [4.69, 9.17) is 5.73 Å². The number of imidazole rings is 1. The fraction of sp³-hybridized carbons (Fsp3) is 0.0714. The first-order valence-electron chi connectivity index (χ1n) is 5.54. The van der Waals surface area contributed by atoms with Crippen LogP contribution in [0.4, 0.5) is 5.69 Å². The normalized spacial score (nSPS) is 10.9. The van der Waals surface area contributed by atoms with Gasteiger partial charge in [0.1, 0.15) is 5.82 Å². The molecule has 2 aromatic heterocycles. The van der Waals surface area contributed by atoms with E-state index in [1.165, 1.54) is 5.56 Å². The number of anilines is 1. The maximum absolute atomic E-state index is 5.81. The fourth-order valence-electron chi connectivity index (χ4n) is 1.92. The van der Waals surface area contributed by atoms with Gasteiger partial charge in [0.15, 0.2) is 0 Å². The van der Waals surface area contributed by atoms with Gasteiger partial charge in [0.2, 0.25) is 0 Å². The Balaban J connectivity index is 2.23. The van der Waals surface area contributed by atoms with Gasteiger partial charge >= 0.3 is 0 Å². The number of hydrogen-bond acceptors (Lipinski definition) is 2. The highest BCUT2D eigenvalue weighted by Crippen LogP contribution is 2.21. The van der Waals surface area contributed by atoms with Crippen molar-refractivity contribution in [3.8, 4) is 11.4 Å². The van der Waals surface area contributed by atoms with Gasteiger partial charge in [0.25, 0.3) is 0 Å². The lowest BCUT2D eigenvalue weighted by Crippen LogP contribution is -1.92. The molecule has 0 unspecified atom stereocenters. The highest BCUT2D eigenvalue weighted by molar-refractivity contribution is 5.64. The molecule has 0 amide bonds. The number of nitrogen functional groups attached to an aromatic ring is 1. The quantitative estimate of drug-likeness (QED) is 0.689. The molecule has 0 saturated heterocycles. The van der Waals surface area contributed by atoms with E-state index in [0.29, 0.717) is 0 Å². The minimum Gasteiger partial charge on any atom is -0.398 e. The second kappa shape index (κ2) is 3.63. The van der Waals surface area contributed by atoms with Crippen molar-refractivity contribution in [2.24, 2.45) is 0 Å². The first-order chi connectivity index (χ1) is 8.24. The van der Waals surface area contributed by atoms with Crippen LogP contribution < -0.4 is 5.73 Å². The van der Waals surface area contributed by atoms with Crippen molar-refractivity contribution in [2.45, 2.75) is 6.92 Å². The molecule has 84 valence electrons. The Bertz CT molecular complexity index is 666. The predicted molar refractivity (Wildman–Crippen MR) is 69.8 cm³/mol. The summed E-state index contributed by atoms with van der Waals surface area (Å²) in [7, 11) is 0. The van der Waals surface area contributed by atoms with Crippen molar-refractivity contribution < 1.29 is 0 Å². The van der Waals surface area contributed by atoms with Gasteiger partial charge in [0, 0.05) is 17.4 Å². The molecule has 3 heteroatoms. The molecule has 0 atom stereocenters. The van der Waals surface area contributed by atoms with E-state index in [-0.39, 0.29) is 0 Å². The van der Waals surface area contributed by atoms with E-state index in [1.54, 1.807) is 0 Å². The van der Waals surface area contributed by atoms with Crippen molar-refractivity contribution in [1.82, 2.24) is 9.38 Å². The Morgan fingerprint density at radius 3 is 2.59 bits per heavy atom. The van der Waals surface area contributed by atoms with Crippen LogP contribution in [0.2, 0.25) is 0 Å². The van der Waals surface area contributed by atoms with Gasteiger partial charge in [-0.15, -0.1) is 0 Å². The number of aromatic nitrogens is 2. The molecule has 3 rings (SSSR count). The average Bonchev–Trinajstić information content (AvgIpc) is 2.73. The number of nitrogens with zero attached hydrogens (tertiary/aromatic N) is 2. The lowest BCUT2D eigenvalue weighted by atomic mass is 10.1. The third kappa shape index (κ3) is 1.65. The lowest BCUT2D eigenvalue weighted by Gasteiger charge is -2.03. The molecule has 2 heterocycles. The van der Waals surface area contributed by atoms with Gasteiger partial charge in [-0.25, -0.2) is 4.98 Å². The Kier molecular flexibility index (Phi) is 2.11. The molecule has 0 saturated carbocycles. The molecule has 0 spiro atoms. The number of hydrogen-bond donors (Lipinski definition) is 1. The van der Waals surface area contributed by atoms with Crippen LogP contribution in [0.15, 0.2) is 48.8 Å². The van der Waals surface area contributed by atoms with E-state index >= 15 is 0 Å². The topological polar surface area (TPSA) is 43.3 Å². The smallest absolute Gasteiger partial charge is 0.144 e. The van der Waals surface area contributed by atoms with Crippen molar-refractivity contribution in [1.29, 1.82) is 0 Å². The van der Waals surface area contributed by atoms with Crippen molar-refractivity contribution in [2.75, 3.05) is 5.73 Å². The third-order valence-electron chi connectivity index (χ3n) is 2.86. The van der Waals surface area contributed by atoms with Crippen molar-refractivity contribution in [3.63, 3.8) is 0 Å². The summed E-state index contributed by atoms with van der Waals surface area (Å²) >= 11 is 0. The molecule has 0 aliphatic rings. The van der Waals surface area contributed by atoms with Crippen LogP contribution >= 0.6 is 0 Å². The van der Waals surface area contributed by atoms with E-state index < -0.39 is 0 Å². The summed E-state index contributed by atoms with van der Waals surface area (Å²) in [5, 5.41) is 0. The summed E-state index contributed by atoms with van der Waals surface area (Å²) in [6, 6.07) is 12.2. The summed E-state index contributed by atoms with van der Waals surface area (Å²) in [6.07, 6.45) is 3.76. The highest BCUT2D eigenvalue weighted by Gasteiger charge is 2.05. The Hall–Kier alpha value is -2.29. The molecule has 0 radical (unpaired) electrons. The van der Waals surface area contributed by atoms with Crippen molar-refractivity contribution in [3.05, 3.63) is 54.4 Å². The van der Waals surface area contributed by atoms with E-state index in [0.717, 1.165) is 22.6 Å². The van der Waals surface area contributed by atoms with Gasteiger partial charge < -0.3 is 5.73 Å². The molecule has 0 aliphatic heterocycles. The fourth-order valence-corrected chi connectivity index (χ4v) is 1.92. The highest BCUT2D eigenvalue weighted by atomic mass is 15.0. The number of benzene rings is 1. The number of aryl methyl sites for hydroxylation is 1. The molecular weight excluding hydrogens is 210 g/mol. The Morgan fingerprint density at radius 2 is 1.82 bits per heavy atom. The number of rotatable bonds is 1. The first kappa shape index (κ1) is 9.90. The maximum Gasteiger partial charge on any atom is 0.144 e. The third-order valence-corrected chi connectivity index (χ3v) is 2.86. The molecule has 0 aliphatic carbocycles. The molecule has 0 fully saturated rings. The SMILES string of the molecule is Cc1ccc(-c2ncc3ccc(N)cn23)cc1. The summed E-state index contributed by atoms with van der Waals surface area (Å²) < 4.78 is 2.01. The van der Waals surface area contributed by atoms with Crippen molar-refractivity contribution >= 4 is 11.2 Å². The molecule has 3 nitrogen and oxygen atoms in total. The summed E-state index contributed by atoms with van der Waals surface area (Å²) in [6.45, 7) is 2.07. The Morgan fingerprint density at radius 1 is 1.06 bits per heavy atom. The van der Waals surface area contributed by atoms with Gasteiger partial charge in [-0.3, -0.25) is 4.40 Å². The molecule has 3 aromatic rings. The van der Waals surface area contributed by atoms with E-state index in [1.807, 2.05) is 28.9 Å². The van der Waals surface area contributed by atoms with Crippen LogP contribution in [0.1, 0.15) is 5.56 Å². The molecule has 1 aromatic carbocycles. The van der Waals surface area contributed by atoms with Crippen LogP contribution in [0.3, 0.4) is 0 Å². The average molecular weight is 223 g/mol. The lowest BCUT2D eigenvalue weighted by molar-refractivity contribution is 1.16. The molecule has 17 heavy (non-hydrogen) atoms. The van der Waals surface area contributed by atoms with Gasteiger partial charge in [-0.05, 0) is 19.1 Å². The molecule has 0 bridgehead atoms. The number of pyridine rings is 1. The zero-order chi connectivity index (χ0) is 11.8. The minimum absolute atomic E-state index is 0.740. The van der Waals surface area contributed by atoms with Gasteiger partial charge in [-0.2, -0.15) is 0 Å². The second-order valence-corrected chi connectivity index (χ2v) is 4.21. The van der Waals surface area contributed by atoms with Gasteiger partial charge in [0.05, 0.1) is 11.7 Å². The van der Waals surface area contributed by atoms with E-state index in [9.17, 15) is 0 Å². The van der Waals surface area contributed by atoms with Gasteiger partial charge in [-0.1, -0.05) is 29.8 Å². The minimum atomic E-state index is 0.740. The van der Waals surface area contributed by atoms with Crippen LogP contribution in [0.5, 0.6) is 0 Å².